The van der Waals surface area contributed by atoms with Gasteiger partial charge >= 0.3 is 0 Å². The van der Waals surface area contributed by atoms with E-state index in [1.54, 1.807) is 12.1 Å². The van der Waals surface area contributed by atoms with Crippen LogP contribution >= 0.6 is 0 Å². The van der Waals surface area contributed by atoms with Crippen molar-refractivity contribution in [2.24, 2.45) is 5.92 Å². The standard InChI is InChI=1S/C16H20FNO/c1-2-3-10-18-11-8-14(9-12-18)16(19)13-4-6-15(17)7-5-13/h4-7,14,16,19H,8-12H2,1H3. The van der Waals surface area contributed by atoms with E-state index < -0.39 is 6.10 Å². The first kappa shape index (κ1) is 14.0. The molecule has 1 heterocycles. The predicted molar refractivity (Wildman–Crippen MR) is 74.0 cm³/mol. The number of piperidine rings is 1. The summed E-state index contributed by atoms with van der Waals surface area (Å²) in [5.41, 5.74) is 0.813. The van der Waals surface area contributed by atoms with Crippen molar-refractivity contribution >= 4 is 0 Å². The quantitative estimate of drug-likeness (QED) is 0.845. The fourth-order valence-corrected chi connectivity index (χ4v) is 2.55. The highest BCUT2D eigenvalue weighted by molar-refractivity contribution is 5.19. The molecule has 0 spiro atoms. The van der Waals surface area contributed by atoms with Gasteiger partial charge in [-0.05, 0) is 56.5 Å². The molecule has 1 aliphatic heterocycles. The highest BCUT2D eigenvalue weighted by Crippen LogP contribution is 2.30. The molecule has 1 aromatic rings. The third-order valence-corrected chi connectivity index (χ3v) is 3.77. The Hall–Kier alpha value is -1.37. The minimum absolute atomic E-state index is 0.260. The van der Waals surface area contributed by atoms with Crippen molar-refractivity contribution < 1.29 is 9.50 Å². The maximum absolute atomic E-state index is 12.9. The van der Waals surface area contributed by atoms with Crippen LogP contribution in [0, 0.1) is 23.6 Å². The lowest BCUT2D eigenvalue weighted by Crippen LogP contribution is -2.35. The summed E-state index contributed by atoms with van der Waals surface area (Å²) in [5, 5.41) is 10.3. The summed E-state index contributed by atoms with van der Waals surface area (Å²) in [4.78, 5) is 2.31. The molecule has 0 bridgehead atoms. The Balaban J connectivity index is 1.89. The number of likely N-dealkylation sites (tertiary alicyclic amines) is 1. The Morgan fingerprint density at radius 1 is 1.32 bits per heavy atom. The Kier molecular flexibility index (Phi) is 4.95. The zero-order chi connectivity index (χ0) is 13.7. The Bertz CT molecular complexity index is 452. The lowest BCUT2D eigenvalue weighted by Gasteiger charge is -2.33. The summed E-state index contributed by atoms with van der Waals surface area (Å²) < 4.78 is 12.9. The molecule has 0 radical (unpaired) electrons. The van der Waals surface area contributed by atoms with Gasteiger partial charge in [-0.3, -0.25) is 4.90 Å². The highest BCUT2D eigenvalue weighted by Gasteiger charge is 2.25. The number of nitrogens with zero attached hydrogens (tertiary/aromatic N) is 1. The largest absolute Gasteiger partial charge is 0.388 e. The van der Waals surface area contributed by atoms with Gasteiger partial charge in [0.15, 0.2) is 0 Å². The van der Waals surface area contributed by atoms with Crippen molar-refractivity contribution in [3.05, 3.63) is 35.6 Å². The molecule has 1 unspecified atom stereocenters. The van der Waals surface area contributed by atoms with Gasteiger partial charge in [0, 0.05) is 0 Å². The molecule has 2 nitrogen and oxygen atoms in total. The first-order valence-corrected chi connectivity index (χ1v) is 6.76. The summed E-state index contributed by atoms with van der Waals surface area (Å²) in [6.07, 6.45) is 1.44. The SMILES string of the molecule is CC#CCN1CCC(C(O)c2ccc(F)cc2)CC1. The maximum Gasteiger partial charge on any atom is 0.123 e. The van der Waals surface area contributed by atoms with Gasteiger partial charge in [-0.25, -0.2) is 4.39 Å². The second kappa shape index (κ2) is 6.70. The zero-order valence-corrected chi connectivity index (χ0v) is 11.3. The van der Waals surface area contributed by atoms with Crippen LogP contribution in [0.15, 0.2) is 24.3 Å². The molecule has 102 valence electrons. The van der Waals surface area contributed by atoms with Crippen LogP contribution in [0.5, 0.6) is 0 Å². The number of benzene rings is 1. The van der Waals surface area contributed by atoms with E-state index in [2.05, 4.69) is 16.7 Å². The van der Waals surface area contributed by atoms with Crippen molar-refractivity contribution in [3.8, 4) is 11.8 Å². The van der Waals surface area contributed by atoms with Crippen LogP contribution in [0.2, 0.25) is 0 Å². The number of halogens is 1. The van der Waals surface area contributed by atoms with Crippen molar-refractivity contribution in [2.45, 2.75) is 25.9 Å². The number of aliphatic hydroxyl groups is 1. The van der Waals surface area contributed by atoms with Crippen LogP contribution in [0.1, 0.15) is 31.4 Å². The van der Waals surface area contributed by atoms with Crippen LogP contribution in [0.25, 0.3) is 0 Å². The fraction of sp³-hybridized carbons (Fsp3) is 0.500. The van der Waals surface area contributed by atoms with Crippen molar-refractivity contribution in [1.29, 1.82) is 0 Å². The molecule has 1 atom stereocenters. The molecule has 0 aromatic heterocycles. The normalized spacial score (nSPS) is 18.7. The lowest BCUT2D eigenvalue weighted by molar-refractivity contribution is 0.0625. The molecule has 2 rings (SSSR count). The molecule has 0 aliphatic carbocycles. The Morgan fingerprint density at radius 3 is 2.53 bits per heavy atom. The van der Waals surface area contributed by atoms with E-state index in [4.69, 9.17) is 0 Å². The zero-order valence-electron chi connectivity index (χ0n) is 11.3. The molecule has 1 fully saturated rings. The van der Waals surface area contributed by atoms with Crippen molar-refractivity contribution in [2.75, 3.05) is 19.6 Å². The summed E-state index contributed by atoms with van der Waals surface area (Å²) in [6, 6.07) is 6.17. The number of hydrogen-bond acceptors (Lipinski definition) is 2. The summed E-state index contributed by atoms with van der Waals surface area (Å²) in [7, 11) is 0. The maximum atomic E-state index is 12.9. The van der Waals surface area contributed by atoms with Gasteiger partial charge in [-0.15, -0.1) is 5.92 Å². The van der Waals surface area contributed by atoms with Gasteiger partial charge in [0.05, 0.1) is 12.6 Å². The van der Waals surface area contributed by atoms with E-state index in [1.165, 1.54) is 12.1 Å². The van der Waals surface area contributed by atoms with Crippen LogP contribution in [-0.2, 0) is 0 Å². The Labute approximate surface area is 114 Å². The van der Waals surface area contributed by atoms with Gasteiger partial charge in [0.25, 0.3) is 0 Å². The van der Waals surface area contributed by atoms with E-state index in [0.29, 0.717) is 0 Å². The van der Waals surface area contributed by atoms with Gasteiger partial charge < -0.3 is 5.11 Å². The van der Waals surface area contributed by atoms with E-state index in [0.717, 1.165) is 38.0 Å². The van der Waals surface area contributed by atoms with E-state index in [-0.39, 0.29) is 11.7 Å². The van der Waals surface area contributed by atoms with Gasteiger partial charge in [0.1, 0.15) is 5.82 Å². The minimum Gasteiger partial charge on any atom is -0.388 e. The number of hydrogen-bond donors (Lipinski definition) is 1. The predicted octanol–water partition coefficient (Wildman–Crippen LogP) is 2.59. The van der Waals surface area contributed by atoms with E-state index >= 15 is 0 Å². The smallest absolute Gasteiger partial charge is 0.123 e. The Morgan fingerprint density at radius 2 is 1.95 bits per heavy atom. The second-order valence-electron chi connectivity index (χ2n) is 5.04. The van der Waals surface area contributed by atoms with Gasteiger partial charge in [0.2, 0.25) is 0 Å². The molecule has 1 aliphatic rings. The third kappa shape index (κ3) is 3.79. The van der Waals surface area contributed by atoms with Crippen LogP contribution in [0.4, 0.5) is 4.39 Å². The lowest BCUT2D eigenvalue weighted by atomic mass is 9.87. The first-order chi connectivity index (χ1) is 9.20. The molecule has 1 saturated heterocycles. The van der Waals surface area contributed by atoms with Crippen LogP contribution in [0.3, 0.4) is 0 Å². The molecule has 3 heteroatoms. The van der Waals surface area contributed by atoms with E-state index in [1.807, 2.05) is 6.92 Å². The highest BCUT2D eigenvalue weighted by atomic mass is 19.1. The molecule has 0 saturated carbocycles. The average molecular weight is 261 g/mol. The molecule has 0 amide bonds. The molecule has 1 aromatic carbocycles. The summed E-state index contributed by atoms with van der Waals surface area (Å²) in [6.45, 7) is 4.61. The monoisotopic (exact) mass is 261 g/mol. The van der Waals surface area contributed by atoms with E-state index in [9.17, 15) is 9.50 Å². The van der Waals surface area contributed by atoms with Crippen molar-refractivity contribution in [3.63, 3.8) is 0 Å². The van der Waals surface area contributed by atoms with Crippen LogP contribution in [-0.4, -0.2) is 29.6 Å². The van der Waals surface area contributed by atoms with Crippen molar-refractivity contribution in [1.82, 2.24) is 4.90 Å². The fourth-order valence-electron chi connectivity index (χ4n) is 2.55. The van der Waals surface area contributed by atoms with Gasteiger partial charge in [-0.1, -0.05) is 18.1 Å². The first-order valence-electron chi connectivity index (χ1n) is 6.76. The summed E-state index contributed by atoms with van der Waals surface area (Å²) in [5.74, 6) is 5.98. The minimum atomic E-state index is -0.486. The van der Waals surface area contributed by atoms with Gasteiger partial charge in [-0.2, -0.15) is 0 Å². The topological polar surface area (TPSA) is 23.5 Å². The number of aliphatic hydroxyl groups excluding tert-OH is 1. The summed E-state index contributed by atoms with van der Waals surface area (Å²) >= 11 is 0. The number of rotatable bonds is 3. The second-order valence-corrected chi connectivity index (χ2v) is 5.04. The average Bonchev–Trinajstić information content (AvgIpc) is 2.46. The van der Waals surface area contributed by atoms with Crippen LogP contribution < -0.4 is 0 Å². The third-order valence-electron chi connectivity index (χ3n) is 3.77. The molecular formula is C16H20FNO. The molecule has 19 heavy (non-hydrogen) atoms. The molecular weight excluding hydrogens is 241 g/mol. The molecule has 1 N–H and O–H groups in total.